The fourth-order valence-corrected chi connectivity index (χ4v) is 4.19. The lowest BCUT2D eigenvalue weighted by Gasteiger charge is -2.27. The lowest BCUT2D eigenvalue weighted by molar-refractivity contribution is 0.303. The third kappa shape index (κ3) is 5.43. The van der Waals surface area contributed by atoms with E-state index in [0.717, 1.165) is 53.6 Å². The number of rotatable bonds is 6. The van der Waals surface area contributed by atoms with Crippen molar-refractivity contribution in [3.05, 3.63) is 94.8 Å². The van der Waals surface area contributed by atoms with Crippen molar-refractivity contribution in [2.24, 2.45) is 0 Å². The van der Waals surface area contributed by atoms with Gasteiger partial charge >= 0.3 is 0 Å². The van der Waals surface area contributed by atoms with Crippen molar-refractivity contribution in [1.82, 2.24) is 4.90 Å². The monoisotopic (exact) mass is 473 g/mol. The van der Waals surface area contributed by atoms with E-state index in [4.69, 9.17) is 4.74 Å². The van der Waals surface area contributed by atoms with Crippen LogP contribution in [0, 0.1) is 24.4 Å². The molecule has 0 fully saturated rings. The largest absolute Gasteiger partial charge is 0.496 e. The second kappa shape index (κ2) is 10.9. The summed E-state index contributed by atoms with van der Waals surface area (Å²) in [6, 6.07) is 17.4. The van der Waals surface area contributed by atoms with Gasteiger partial charge in [0, 0.05) is 30.8 Å². The summed E-state index contributed by atoms with van der Waals surface area (Å²) >= 11 is 0. The van der Waals surface area contributed by atoms with Crippen LogP contribution in [0.25, 0.3) is 16.7 Å². The zero-order valence-electron chi connectivity index (χ0n) is 18.7. The quantitative estimate of drug-likeness (QED) is 0.363. The van der Waals surface area contributed by atoms with Gasteiger partial charge in [0.15, 0.2) is 11.6 Å². The first-order valence-electron chi connectivity index (χ1n) is 10.8. The molecule has 0 radical (unpaired) electrons. The zero-order chi connectivity index (χ0) is 22.7. The van der Waals surface area contributed by atoms with Crippen LogP contribution in [0.1, 0.15) is 23.1 Å². The van der Waals surface area contributed by atoms with Crippen molar-refractivity contribution < 1.29 is 17.9 Å². The van der Waals surface area contributed by atoms with Gasteiger partial charge in [-0.05, 0) is 60.2 Å². The Bertz CT molecular complexity index is 1150. The number of nitrogens with zero attached hydrogens (tertiary/aromatic N) is 1. The van der Waals surface area contributed by atoms with E-state index >= 15 is 0 Å². The lowest BCUT2D eigenvalue weighted by Crippen LogP contribution is -2.30. The molecule has 0 aliphatic carbocycles. The molecule has 0 bridgehead atoms. The minimum Gasteiger partial charge on any atom is -0.496 e. The highest BCUT2D eigenvalue weighted by atomic mass is 35.5. The highest BCUT2D eigenvalue weighted by Gasteiger charge is 2.21. The second-order valence-corrected chi connectivity index (χ2v) is 8.08. The maximum absolute atomic E-state index is 14.5. The molecule has 0 atom stereocenters. The van der Waals surface area contributed by atoms with Gasteiger partial charge in [-0.25, -0.2) is 13.2 Å². The van der Waals surface area contributed by atoms with Gasteiger partial charge in [0.1, 0.15) is 11.6 Å². The van der Waals surface area contributed by atoms with E-state index in [2.05, 4.69) is 29.2 Å². The summed E-state index contributed by atoms with van der Waals surface area (Å²) in [5, 5.41) is 0. The molecular formula is C27H27ClF3NO. The van der Waals surface area contributed by atoms with Crippen molar-refractivity contribution >= 4 is 18.0 Å². The van der Waals surface area contributed by atoms with Crippen LogP contribution >= 0.6 is 12.4 Å². The molecular weight excluding hydrogens is 447 g/mol. The maximum atomic E-state index is 14.5. The average Bonchev–Trinajstić information content (AvgIpc) is 2.84. The lowest BCUT2D eigenvalue weighted by atomic mass is 9.96. The fourth-order valence-electron chi connectivity index (χ4n) is 4.19. The van der Waals surface area contributed by atoms with E-state index in [-0.39, 0.29) is 23.5 Å². The summed E-state index contributed by atoms with van der Waals surface area (Å²) in [6.07, 6.45) is 3.31. The SMILES string of the molecule is COc1ccc(-c2ccccc2)cc1CCN1CC=C(c2cc(F)c(F)c(C)c2F)CC1.Cl. The Morgan fingerprint density at radius 3 is 2.36 bits per heavy atom. The Kier molecular flexibility index (Phi) is 8.22. The van der Waals surface area contributed by atoms with E-state index < -0.39 is 17.5 Å². The predicted molar refractivity (Wildman–Crippen MR) is 129 cm³/mol. The molecule has 1 heterocycles. The molecule has 4 rings (SSSR count). The molecule has 0 amide bonds. The fraction of sp³-hybridized carbons (Fsp3) is 0.259. The summed E-state index contributed by atoms with van der Waals surface area (Å²) in [4.78, 5) is 2.27. The van der Waals surface area contributed by atoms with Crippen LogP contribution in [0.2, 0.25) is 0 Å². The third-order valence-corrected chi connectivity index (χ3v) is 6.10. The number of benzene rings is 3. The van der Waals surface area contributed by atoms with Gasteiger partial charge in [-0.3, -0.25) is 4.90 Å². The van der Waals surface area contributed by atoms with Crippen LogP contribution in [0.3, 0.4) is 0 Å². The van der Waals surface area contributed by atoms with Gasteiger partial charge in [0.2, 0.25) is 0 Å². The smallest absolute Gasteiger partial charge is 0.164 e. The topological polar surface area (TPSA) is 12.5 Å². The summed E-state index contributed by atoms with van der Waals surface area (Å²) in [5.74, 6) is -1.94. The maximum Gasteiger partial charge on any atom is 0.164 e. The summed E-state index contributed by atoms with van der Waals surface area (Å²) < 4.78 is 47.4. The van der Waals surface area contributed by atoms with E-state index in [1.54, 1.807) is 7.11 Å². The molecule has 0 aromatic heterocycles. The van der Waals surface area contributed by atoms with E-state index in [9.17, 15) is 13.2 Å². The van der Waals surface area contributed by atoms with Gasteiger partial charge in [0.05, 0.1) is 7.11 Å². The van der Waals surface area contributed by atoms with Crippen molar-refractivity contribution in [3.8, 4) is 16.9 Å². The van der Waals surface area contributed by atoms with Crippen molar-refractivity contribution in [2.45, 2.75) is 19.8 Å². The van der Waals surface area contributed by atoms with Gasteiger partial charge in [-0.15, -0.1) is 12.4 Å². The molecule has 0 spiro atoms. The molecule has 174 valence electrons. The molecule has 0 saturated heterocycles. The van der Waals surface area contributed by atoms with E-state index in [1.807, 2.05) is 30.3 Å². The number of ether oxygens (including phenoxy) is 1. The highest BCUT2D eigenvalue weighted by Crippen LogP contribution is 2.30. The highest BCUT2D eigenvalue weighted by molar-refractivity contribution is 5.85. The standard InChI is InChI=1S/C27H26F3NO.ClH/c1-18-26(29)23(17-24(28)27(18)30)20-10-13-31(14-11-20)15-12-22-16-21(8-9-25(22)32-2)19-6-4-3-5-7-19;/h3-10,16-17H,11-15H2,1-2H3;1H. The number of halogens is 4. The Balaban J connectivity index is 0.00000306. The van der Waals surface area contributed by atoms with Gasteiger partial charge in [-0.1, -0.05) is 42.5 Å². The first-order chi connectivity index (χ1) is 15.5. The Labute approximate surface area is 199 Å². The molecule has 3 aromatic carbocycles. The third-order valence-electron chi connectivity index (χ3n) is 6.10. The minimum absolute atomic E-state index is 0. The van der Waals surface area contributed by atoms with E-state index in [0.29, 0.717) is 13.0 Å². The summed E-state index contributed by atoms with van der Waals surface area (Å²) in [6.45, 7) is 3.44. The van der Waals surface area contributed by atoms with Crippen LogP contribution in [0.15, 0.2) is 60.7 Å². The van der Waals surface area contributed by atoms with Gasteiger partial charge in [-0.2, -0.15) is 0 Å². The minimum atomic E-state index is -1.11. The summed E-state index contributed by atoms with van der Waals surface area (Å²) in [7, 11) is 1.68. The first kappa shape index (κ1) is 24.9. The molecule has 0 unspecified atom stereocenters. The average molecular weight is 474 g/mol. The van der Waals surface area contributed by atoms with E-state index in [1.165, 1.54) is 6.92 Å². The van der Waals surface area contributed by atoms with Crippen molar-refractivity contribution in [3.63, 3.8) is 0 Å². The van der Waals surface area contributed by atoms with Crippen molar-refractivity contribution in [1.29, 1.82) is 0 Å². The molecule has 0 saturated carbocycles. The van der Waals surface area contributed by atoms with Crippen LogP contribution in [-0.2, 0) is 6.42 Å². The number of hydrogen-bond acceptors (Lipinski definition) is 2. The van der Waals surface area contributed by atoms with Crippen LogP contribution in [-0.4, -0.2) is 31.6 Å². The molecule has 2 nitrogen and oxygen atoms in total. The molecule has 6 heteroatoms. The van der Waals surface area contributed by atoms with Crippen LogP contribution in [0.4, 0.5) is 13.2 Å². The predicted octanol–water partition coefficient (Wildman–Crippen LogP) is 6.84. The Hall–Kier alpha value is -2.76. The number of hydrogen-bond donors (Lipinski definition) is 0. The van der Waals surface area contributed by atoms with Gasteiger partial charge in [0.25, 0.3) is 0 Å². The van der Waals surface area contributed by atoms with Gasteiger partial charge < -0.3 is 4.74 Å². The zero-order valence-corrected chi connectivity index (χ0v) is 19.5. The normalized spacial score (nSPS) is 13.9. The summed E-state index contributed by atoms with van der Waals surface area (Å²) in [5.41, 5.74) is 4.06. The molecule has 0 N–H and O–H groups in total. The molecule has 33 heavy (non-hydrogen) atoms. The van der Waals surface area contributed by atoms with Crippen LogP contribution < -0.4 is 4.74 Å². The Morgan fingerprint density at radius 2 is 1.70 bits per heavy atom. The second-order valence-electron chi connectivity index (χ2n) is 8.08. The number of methoxy groups -OCH3 is 1. The molecule has 1 aliphatic rings. The van der Waals surface area contributed by atoms with Crippen LogP contribution in [0.5, 0.6) is 5.75 Å². The molecule has 3 aromatic rings. The Morgan fingerprint density at radius 1 is 0.939 bits per heavy atom. The van der Waals surface area contributed by atoms with Crippen molar-refractivity contribution in [2.75, 3.05) is 26.7 Å². The molecule has 1 aliphatic heterocycles. The first-order valence-corrected chi connectivity index (χ1v) is 10.8.